The average Bonchev–Trinajstić information content (AvgIpc) is 3.42. The lowest BCUT2D eigenvalue weighted by Crippen LogP contribution is -2.36. The molecule has 0 aromatic carbocycles. The summed E-state index contributed by atoms with van der Waals surface area (Å²) in [7, 11) is 0. The van der Waals surface area contributed by atoms with E-state index in [1.54, 1.807) is 11.3 Å². The first-order valence-corrected chi connectivity index (χ1v) is 10.2. The van der Waals surface area contributed by atoms with Crippen molar-refractivity contribution in [3.63, 3.8) is 0 Å². The molecule has 0 amide bonds. The highest BCUT2D eigenvalue weighted by Crippen LogP contribution is 2.38. The fourth-order valence-corrected chi connectivity index (χ4v) is 4.68. The van der Waals surface area contributed by atoms with Gasteiger partial charge in [0.1, 0.15) is 5.82 Å². The number of aromatic nitrogens is 3. The van der Waals surface area contributed by atoms with Crippen molar-refractivity contribution in [2.75, 3.05) is 37.7 Å². The van der Waals surface area contributed by atoms with Gasteiger partial charge >= 0.3 is 0 Å². The highest BCUT2D eigenvalue weighted by atomic mass is 32.1. The topological polar surface area (TPSA) is 74.4 Å². The molecule has 2 aromatic rings. The van der Waals surface area contributed by atoms with Gasteiger partial charge in [-0.1, -0.05) is 0 Å². The van der Waals surface area contributed by atoms with Crippen molar-refractivity contribution in [1.29, 1.82) is 0 Å². The first-order valence-electron chi connectivity index (χ1n) is 9.38. The largest absolute Gasteiger partial charge is 0.378 e. The summed E-state index contributed by atoms with van der Waals surface area (Å²) in [5, 5.41) is 1.08. The lowest BCUT2D eigenvalue weighted by Gasteiger charge is -2.27. The van der Waals surface area contributed by atoms with Crippen LogP contribution in [0.15, 0.2) is 11.0 Å². The number of H-pyrrole nitrogens is 1. The van der Waals surface area contributed by atoms with Crippen LogP contribution < -0.4 is 10.5 Å². The minimum absolute atomic E-state index is 0.0555. The molecule has 138 valence electrons. The van der Waals surface area contributed by atoms with Gasteiger partial charge in [-0.2, -0.15) is 0 Å². The summed E-state index contributed by atoms with van der Waals surface area (Å²) in [6.45, 7) is 5.83. The van der Waals surface area contributed by atoms with Gasteiger partial charge in [-0.3, -0.25) is 9.69 Å². The van der Waals surface area contributed by atoms with Crippen LogP contribution in [0.1, 0.15) is 40.7 Å². The van der Waals surface area contributed by atoms with E-state index in [2.05, 4.69) is 19.8 Å². The Hall–Kier alpha value is -1.77. The zero-order valence-corrected chi connectivity index (χ0v) is 15.6. The van der Waals surface area contributed by atoms with Crippen LogP contribution in [-0.2, 0) is 24.2 Å². The highest BCUT2D eigenvalue weighted by molar-refractivity contribution is 7.15. The number of ether oxygens (including phenoxy) is 1. The molecule has 0 bridgehead atoms. The van der Waals surface area contributed by atoms with Crippen LogP contribution in [0.4, 0.5) is 5.13 Å². The fraction of sp³-hybridized carbons (Fsp3) is 0.611. The molecule has 4 heterocycles. The summed E-state index contributed by atoms with van der Waals surface area (Å²) >= 11 is 1.75. The predicted octanol–water partition coefficient (Wildman–Crippen LogP) is 1.50. The number of fused-ring (bicyclic) bond motifs is 1. The lowest BCUT2D eigenvalue weighted by atomic mass is 10.1. The Labute approximate surface area is 156 Å². The third-order valence-electron chi connectivity index (χ3n) is 5.33. The van der Waals surface area contributed by atoms with Crippen molar-refractivity contribution in [2.24, 2.45) is 0 Å². The van der Waals surface area contributed by atoms with Crippen LogP contribution in [0.2, 0.25) is 0 Å². The zero-order chi connectivity index (χ0) is 17.5. The van der Waals surface area contributed by atoms with Crippen LogP contribution in [0.3, 0.4) is 0 Å². The van der Waals surface area contributed by atoms with Crippen molar-refractivity contribution in [3.8, 4) is 0 Å². The third kappa shape index (κ3) is 3.28. The zero-order valence-electron chi connectivity index (χ0n) is 14.7. The molecule has 0 radical (unpaired) electrons. The van der Waals surface area contributed by atoms with E-state index < -0.39 is 0 Å². The Kier molecular flexibility index (Phi) is 4.26. The summed E-state index contributed by atoms with van der Waals surface area (Å²) < 4.78 is 5.41. The first kappa shape index (κ1) is 16.4. The molecule has 2 aliphatic heterocycles. The van der Waals surface area contributed by atoms with Gasteiger partial charge in [0, 0.05) is 56.1 Å². The van der Waals surface area contributed by atoms with Gasteiger partial charge in [0.2, 0.25) is 0 Å². The number of aromatic amines is 1. The normalized spacial score (nSPS) is 21.0. The number of anilines is 1. The molecular weight excluding hydrogens is 350 g/mol. The second-order valence-corrected chi connectivity index (χ2v) is 8.41. The van der Waals surface area contributed by atoms with E-state index in [0.29, 0.717) is 12.5 Å². The maximum atomic E-state index is 12.5. The maximum absolute atomic E-state index is 12.5. The molecule has 0 atom stereocenters. The van der Waals surface area contributed by atoms with Gasteiger partial charge in [-0.25, -0.2) is 9.97 Å². The Morgan fingerprint density at radius 1 is 1.27 bits per heavy atom. The van der Waals surface area contributed by atoms with Gasteiger partial charge < -0.3 is 14.6 Å². The molecule has 26 heavy (non-hydrogen) atoms. The summed E-state index contributed by atoms with van der Waals surface area (Å²) in [4.78, 5) is 30.7. The van der Waals surface area contributed by atoms with E-state index in [-0.39, 0.29) is 5.56 Å². The second kappa shape index (κ2) is 6.75. The van der Waals surface area contributed by atoms with E-state index in [1.165, 1.54) is 4.88 Å². The van der Waals surface area contributed by atoms with Gasteiger partial charge in [0.15, 0.2) is 5.13 Å². The Bertz CT molecular complexity index is 854. The van der Waals surface area contributed by atoms with Gasteiger partial charge in [0.25, 0.3) is 5.56 Å². The van der Waals surface area contributed by atoms with Gasteiger partial charge in [-0.05, 0) is 12.8 Å². The fourth-order valence-electron chi connectivity index (χ4n) is 3.68. The number of hydrogen-bond acceptors (Lipinski definition) is 7. The van der Waals surface area contributed by atoms with E-state index in [9.17, 15) is 4.79 Å². The number of hydrogen-bond donors (Lipinski definition) is 1. The number of thiazole rings is 1. The van der Waals surface area contributed by atoms with E-state index in [4.69, 9.17) is 9.72 Å². The smallest absolute Gasteiger partial charge is 0.255 e. The van der Waals surface area contributed by atoms with Gasteiger partial charge in [-0.15, -0.1) is 11.3 Å². The number of rotatable bonds is 4. The maximum Gasteiger partial charge on any atom is 0.255 e. The second-order valence-electron chi connectivity index (χ2n) is 7.32. The molecule has 1 saturated carbocycles. The molecule has 0 unspecified atom stereocenters. The molecular formula is C18H23N5O2S. The Morgan fingerprint density at radius 3 is 2.92 bits per heavy atom. The van der Waals surface area contributed by atoms with Crippen LogP contribution in [0.5, 0.6) is 0 Å². The molecule has 2 fully saturated rings. The number of nitrogens with zero attached hydrogens (tertiary/aromatic N) is 4. The minimum Gasteiger partial charge on any atom is -0.378 e. The van der Waals surface area contributed by atoms with E-state index in [1.807, 2.05) is 6.20 Å². The average molecular weight is 373 g/mol. The van der Waals surface area contributed by atoms with Crippen molar-refractivity contribution in [2.45, 2.75) is 38.3 Å². The Balaban J connectivity index is 1.28. The SMILES string of the molecule is O=c1[nH]c(C2CC2)nc2c1CN(Cc1cnc(N3CCOCC3)s1)CC2. The monoisotopic (exact) mass is 373 g/mol. The van der Waals surface area contributed by atoms with Crippen molar-refractivity contribution in [1.82, 2.24) is 19.9 Å². The summed E-state index contributed by atoms with van der Waals surface area (Å²) in [6.07, 6.45) is 5.15. The molecule has 3 aliphatic rings. The predicted molar refractivity (Wildman–Crippen MR) is 99.8 cm³/mol. The molecule has 0 spiro atoms. The standard InChI is InChI=1S/C18H23N5O2S/c24-17-14-11-22(4-3-15(14)20-16(21-17)12-1-2-12)10-13-9-19-18(26-13)23-5-7-25-8-6-23/h9,12H,1-8,10-11H2,(H,20,21,24). The van der Waals surface area contributed by atoms with Crippen LogP contribution in [-0.4, -0.2) is 52.7 Å². The molecule has 7 nitrogen and oxygen atoms in total. The third-order valence-corrected chi connectivity index (χ3v) is 6.38. The molecule has 5 rings (SSSR count). The molecule has 1 aliphatic carbocycles. The molecule has 1 saturated heterocycles. The van der Waals surface area contributed by atoms with Crippen LogP contribution in [0, 0.1) is 0 Å². The van der Waals surface area contributed by atoms with Crippen molar-refractivity contribution < 1.29 is 4.74 Å². The van der Waals surface area contributed by atoms with Crippen molar-refractivity contribution in [3.05, 3.63) is 38.5 Å². The quantitative estimate of drug-likeness (QED) is 0.875. The van der Waals surface area contributed by atoms with Crippen LogP contribution in [0.25, 0.3) is 0 Å². The molecule has 2 aromatic heterocycles. The summed E-state index contributed by atoms with van der Waals surface area (Å²) in [5.74, 6) is 1.39. The molecule has 8 heteroatoms. The molecule has 1 N–H and O–H groups in total. The highest BCUT2D eigenvalue weighted by Gasteiger charge is 2.29. The van der Waals surface area contributed by atoms with Crippen molar-refractivity contribution >= 4 is 16.5 Å². The summed E-state index contributed by atoms with van der Waals surface area (Å²) in [5.41, 5.74) is 1.91. The Morgan fingerprint density at radius 2 is 2.12 bits per heavy atom. The van der Waals surface area contributed by atoms with E-state index >= 15 is 0 Å². The van der Waals surface area contributed by atoms with E-state index in [0.717, 1.165) is 80.9 Å². The summed E-state index contributed by atoms with van der Waals surface area (Å²) in [6, 6.07) is 0. The first-order chi connectivity index (χ1) is 12.8. The number of morpholine rings is 1. The van der Waals surface area contributed by atoms with Gasteiger partial charge in [0.05, 0.1) is 24.5 Å². The lowest BCUT2D eigenvalue weighted by molar-refractivity contribution is 0.122. The number of nitrogens with one attached hydrogen (secondary N) is 1. The van der Waals surface area contributed by atoms with Crippen LogP contribution >= 0.6 is 11.3 Å². The minimum atomic E-state index is 0.0555.